The largest absolute Gasteiger partial charge is 0.409 e. The molecule has 0 radical (unpaired) electrons. The van der Waals surface area contributed by atoms with Gasteiger partial charge in [0, 0.05) is 10.5 Å². The molecular weight excluding hydrogens is 220 g/mol. The normalized spacial score (nSPS) is 12.1. The van der Waals surface area contributed by atoms with Crippen LogP contribution in [-0.4, -0.2) is 16.8 Å². The molecule has 3 N–H and O–H groups in total. The number of oxime groups is 1. The zero-order chi connectivity index (χ0) is 12.0. The van der Waals surface area contributed by atoms with Crippen molar-refractivity contribution in [1.82, 2.24) is 0 Å². The van der Waals surface area contributed by atoms with Crippen molar-refractivity contribution in [1.29, 1.82) is 0 Å². The number of nitrogens with two attached hydrogens (primary N) is 1. The van der Waals surface area contributed by atoms with E-state index in [0.717, 1.165) is 22.6 Å². The van der Waals surface area contributed by atoms with Gasteiger partial charge in [-0.15, -0.1) is 11.8 Å². The lowest BCUT2D eigenvalue weighted by molar-refractivity contribution is 0.318. The van der Waals surface area contributed by atoms with Crippen LogP contribution in [0.25, 0.3) is 0 Å². The fourth-order valence-corrected chi connectivity index (χ4v) is 2.57. The summed E-state index contributed by atoms with van der Waals surface area (Å²) in [6.45, 7) is 4.41. The first kappa shape index (κ1) is 12.9. The number of nitrogens with zero attached hydrogens (tertiary/aromatic N) is 1. The Labute approximate surface area is 101 Å². The second kappa shape index (κ2) is 6.43. The van der Waals surface area contributed by atoms with Crippen LogP contribution in [0.3, 0.4) is 0 Å². The smallest absolute Gasteiger partial charge is 0.171 e. The minimum atomic E-state index is 0.174. The van der Waals surface area contributed by atoms with Gasteiger partial charge in [0.25, 0.3) is 0 Å². The van der Waals surface area contributed by atoms with Crippen molar-refractivity contribution >= 4 is 17.6 Å². The van der Waals surface area contributed by atoms with Gasteiger partial charge in [0.15, 0.2) is 5.84 Å². The lowest BCUT2D eigenvalue weighted by Crippen LogP contribution is -2.14. The third-order valence-electron chi connectivity index (χ3n) is 2.22. The van der Waals surface area contributed by atoms with E-state index in [9.17, 15) is 0 Å². The van der Waals surface area contributed by atoms with E-state index < -0.39 is 0 Å². The first-order valence-corrected chi connectivity index (χ1v) is 6.33. The molecule has 0 aliphatic rings. The van der Waals surface area contributed by atoms with E-state index in [4.69, 9.17) is 10.9 Å². The molecule has 0 bridgehead atoms. The van der Waals surface area contributed by atoms with Gasteiger partial charge >= 0.3 is 0 Å². The number of amidine groups is 1. The lowest BCUT2D eigenvalue weighted by atomic mass is 10.2. The number of hydrogen-bond acceptors (Lipinski definition) is 3. The minimum Gasteiger partial charge on any atom is -0.409 e. The van der Waals surface area contributed by atoms with E-state index in [0.29, 0.717) is 5.92 Å². The molecule has 88 valence electrons. The van der Waals surface area contributed by atoms with Crippen molar-refractivity contribution in [3.8, 4) is 0 Å². The van der Waals surface area contributed by atoms with Crippen LogP contribution in [0.1, 0.15) is 25.8 Å². The topological polar surface area (TPSA) is 58.6 Å². The van der Waals surface area contributed by atoms with Crippen LogP contribution in [0.5, 0.6) is 0 Å². The fraction of sp³-hybridized carbons (Fsp3) is 0.417. The highest BCUT2D eigenvalue weighted by atomic mass is 32.2. The highest BCUT2D eigenvalue weighted by Crippen LogP contribution is 2.24. The molecule has 0 atom stereocenters. The third-order valence-corrected chi connectivity index (χ3v) is 3.33. The Morgan fingerprint density at radius 3 is 2.75 bits per heavy atom. The molecule has 0 aromatic heterocycles. The van der Waals surface area contributed by atoms with Crippen LogP contribution in [-0.2, 0) is 0 Å². The Bertz CT molecular complexity index is 364. The molecule has 3 nitrogen and oxygen atoms in total. The minimum absolute atomic E-state index is 0.174. The van der Waals surface area contributed by atoms with Crippen molar-refractivity contribution < 1.29 is 5.21 Å². The maximum Gasteiger partial charge on any atom is 0.171 e. The van der Waals surface area contributed by atoms with Crippen LogP contribution in [0.15, 0.2) is 34.3 Å². The van der Waals surface area contributed by atoms with Crippen LogP contribution < -0.4 is 5.73 Å². The number of hydrogen-bond donors (Lipinski definition) is 2. The van der Waals surface area contributed by atoms with Gasteiger partial charge in [-0.3, -0.25) is 0 Å². The van der Waals surface area contributed by atoms with E-state index in [1.54, 1.807) is 11.8 Å². The molecule has 0 saturated heterocycles. The summed E-state index contributed by atoms with van der Waals surface area (Å²) in [6, 6.07) is 7.72. The maximum absolute atomic E-state index is 8.68. The number of benzene rings is 1. The standard InChI is InChI=1S/C12H18N2OS/c1-9(2)7-8-16-11-6-4-3-5-10(11)12(13)14-15/h3-6,9,15H,7-8H2,1-2H3,(H2,13,14). The molecule has 0 aliphatic heterocycles. The highest BCUT2D eigenvalue weighted by Gasteiger charge is 2.06. The van der Waals surface area contributed by atoms with Gasteiger partial charge in [-0.25, -0.2) is 0 Å². The van der Waals surface area contributed by atoms with E-state index in [-0.39, 0.29) is 5.84 Å². The molecule has 16 heavy (non-hydrogen) atoms. The molecule has 4 heteroatoms. The molecule has 1 rings (SSSR count). The summed E-state index contributed by atoms with van der Waals surface area (Å²) >= 11 is 1.75. The fourth-order valence-electron chi connectivity index (χ4n) is 1.26. The molecule has 0 aliphatic carbocycles. The van der Waals surface area contributed by atoms with Crippen molar-refractivity contribution in [2.75, 3.05) is 5.75 Å². The molecular formula is C12H18N2OS. The Kier molecular flexibility index (Phi) is 5.19. The van der Waals surface area contributed by atoms with E-state index in [1.807, 2.05) is 24.3 Å². The Morgan fingerprint density at radius 2 is 2.12 bits per heavy atom. The highest BCUT2D eigenvalue weighted by molar-refractivity contribution is 7.99. The third kappa shape index (κ3) is 3.77. The molecule has 0 saturated carbocycles. The quantitative estimate of drug-likeness (QED) is 0.273. The number of thioether (sulfide) groups is 1. The van der Waals surface area contributed by atoms with Gasteiger partial charge in [-0.05, 0) is 24.2 Å². The zero-order valence-corrected chi connectivity index (χ0v) is 10.5. The summed E-state index contributed by atoms with van der Waals surface area (Å²) in [6.07, 6.45) is 1.16. The van der Waals surface area contributed by atoms with Gasteiger partial charge in [0.1, 0.15) is 0 Å². The van der Waals surface area contributed by atoms with Crippen molar-refractivity contribution in [3.05, 3.63) is 29.8 Å². The van der Waals surface area contributed by atoms with Crippen molar-refractivity contribution in [3.63, 3.8) is 0 Å². The van der Waals surface area contributed by atoms with Crippen LogP contribution in [0.2, 0.25) is 0 Å². The van der Waals surface area contributed by atoms with E-state index >= 15 is 0 Å². The summed E-state index contributed by atoms with van der Waals surface area (Å²) in [4.78, 5) is 1.07. The summed E-state index contributed by atoms with van der Waals surface area (Å²) in [5.41, 5.74) is 6.42. The molecule has 1 aromatic rings. The Hall–Kier alpha value is -1.16. The summed E-state index contributed by atoms with van der Waals surface area (Å²) < 4.78 is 0. The second-order valence-corrected chi connectivity index (χ2v) is 5.15. The van der Waals surface area contributed by atoms with Crippen LogP contribution in [0.4, 0.5) is 0 Å². The van der Waals surface area contributed by atoms with E-state index in [1.165, 1.54) is 0 Å². The molecule has 0 fully saturated rings. The summed E-state index contributed by atoms with van der Waals surface area (Å²) in [5, 5.41) is 11.7. The molecule has 0 heterocycles. The summed E-state index contributed by atoms with van der Waals surface area (Å²) in [7, 11) is 0. The molecule has 0 unspecified atom stereocenters. The van der Waals surface area contributed by atoms with Gasteiger partial charge in [0.05, 0.1) is 0 Å². The van der Waals surface area contributed by atoms with Crippen molar-refractivity contribution in [2.45, 2.75) is 25.2 Å². The molecule has 0 amide bonds. The van der Waals surface area contributed by atoms with Gasteiger partial charge in [0.2, 0.25) is 0 Å². The average Bonchev–Trinajstić information content (AvgIpc) is 2.28. The van der Waals surface area contributed by atoms with Crippen LogP contribution >= 0.6 is 11.8 Å². The Balaban J connectivity index is 2.72. The van der Waals surface area contributed by atoms with Crippen molar-refractivity contribution in [2.24, 2.45) is 16.8 Å². The molecule has 1 aromatic carbocycles. The van der Waals surface area contributed by atoms with Gasteiger partial charge < -0.3 is 10.9 Å². The lowest BCUT2D eigenvalue weighted by Gasteiger charge is -2.08. The second-order valence-electron chi connectivity index (χ2n) is 4.01. The molecule has 0 spiro atoms. The Morgan fingerprint density at radius 1 is 1.44 bits per heavy atom. The maximum atomic E-state index is 8.68. The van der Waals surface area contributed by atoms with Gasteiger partial charge in [-0.1, -0.05) is 37.2 Å². The van der Waals surface area contributed by atoms with Crippen LogP contribution in [0, 0.1) is 5.92 Å². The predicted octanol–water partition coefficient (Wildman–Crippen LogP) is 2.92. The van der Waals surface area contributed by atoms with E-state index in [2.05, 4.69) is 19.0 Å². The SMILES string of the molecule is CC(C)CCSc1ccccc1/C(N)=N/O. The first-order valence-electron chi connectivity index (χ1n) is 5.35. The summed E-state index contributed by atoms with van der Waals surface area (Å²) in [5.74, 6) is 1.92. The number of rotatable bonds is 5. The first-order chi connectivity index (χ1) is 7.65. The average molecular weight is 238 g/mol. The predicted molar refractivity (Wildman–Crippen MR) is 69.1 cm³/mol. The van der Waals surface area contributed by atoms with Gasteiger partial charge in [-0.2, -0.15) is 0 Å². The monoisotopic (exact) mass is 238 g/mol. The zero-order valence-electron chi connectivity index (χ0n) is 9.68.